The minimum atomic E-state index is 0.0599. The van der Waals surface area contributed by atoms with Crippen molar-refractivity contribution in [1.29, 1.82) is 0 Å². The molecule has 1 atom stereocenters. The fraction of sp³-hybridized carbons (Fsp3) is 0.556. The van der Waals surface area contributed by atoms with Gasteiger partial charge in [-0.05, 0) is 25.8 Å². The third-order valence-electron chi connectivity index (χ3n) is 3.58. The number of aliphatic imine (C=N–C) groups is 1. The molecule has 0 aliphatic carbocycles. The van der Waals surface area contributed by atoms with Crippen LogP contribution in [0.3, 0.4) is 0 Å². The van der Waals surface area contributed by atoms with Gasteiger partial charge in [0.15, 0.2) is 5.96 Å². The predicted molar refractivity (Wildman–Crippen MR) is 96.4 cm³/mol. The van der Waals surface area contributed by atoms with Crippen molar-refractivity contribution in [2.75, 3.05) is 20.1 Å². The lowest BCUT2D eigenvalue weighted by Gasteiger charge is -2.22. The van der Waals surface area contributed by atoms with Crippen molar-refractivity contribution in [2.24, 2.45) is 4.99 Å². The average molecular weight is 318 g/mol. The van der Waals surface area contributed by atoms with E-state index < -0.39 is 0 Å². The second kappa shape index (κ2) is 10.6. The molecule has 0 aliphatic heterocycles. The number of amides is 1. The fourth-order valence-corrected chi connectivity index (χ4v) is 2.11. The molecule has 0 saturated carbocycles. The minimum absolute atomic E-state index is 0.0599. The van der Waals surface area contributed by atoms with E-state index in [4.69, 9.17) is 0 Å². The maximum atomic E-state index is 11.8. The van der Waals surface area contributed by atoms with Crippen molar-refractivity contribution in [1.82, 2.24) is 15.5 Å². The van der Waals surface area contributed by atoms with Crippen molar-refractivity contribution in [3.8, 4) is 0 Å². The van der Waals surface area contributed by atoms with E-state index in [-0.39, 0.29) is 11.9 Å². The molecule has 0 spiro atoms. The lowest BCUT2D eigenvalue weighted by molar-refractivity contribution is -0.121. The SMILES string of the molecule is CCNC(=NCCC(=O)NC(C)CC)N(C)Cc1ccccc1. The first kappa shape index (κ1) is 19.0. The van der Waals surface area contributed by atoms with E-state index in [2.05, 4.69) is 39.6 Å². The molecule has 5 nitrogen and oxygen atoms in total. The summed E-state index contributed by atoms with van der Waals surface area (Å²) in [6.45, 7) is 8.19. The second-order valence-corrected chi connectivity index (χ2v) is 5.70. The van der Waals surface area contributed by atoms with E-state index in [0.717, 1.165) is 25.5 Å². The highest BCUT2D eigenvalue weighted by molar-refractivity contribution is 5.80. The Hall–Kier alpha value is -2.04. The number of nitrogens with zero attached hydrogens (tertiary/aromatic N) is 2. The molecule has 1 amide bonds. The van der Waals surface area contributed by atoms with Crippen molar-refractivity contribution in [3.05, 3.63) is 35.9 Å². The first-order chi connectivity index (χ1) is 11.1. The monoisotopic (exact) mass is 318 g/mol. The number of guanidine groups is 1. The number of hydrogen-bond donors (Lipinski definition) is 2. The van der Waals surface area contributed by atoms with Crippen LogP contribution < -0.4 is 10.6 Å². The largest absolute Gasteiger partial charge is 0.357 e. The molecule has 0 fully saturated rings. The summed E-state index contributed by atoms with van der Waals surface area (Å²) >= 11 is 0. The molecule has 0 aliphatic rings. The molecule has 5 heteroatoms. The molecular formula is C18H30N4O. The van der Waals surface area contributed by atoms with Gasteiger partial charge in [0.25, 0.3) is 0 Å². The van der Waals surface area contributed by atoms with Gasteiger partial charge < -0.3 is 15.5 Å². The summed E-state index contributed by atoms with van der Waals surface area (Å²) in [5, 5.41) is 6.23. The van der Waals surface area contributed by atoms with Gasteiger partial charge in [0.2, 0.25) is 5.91 Å². The van der Waals surface area contributed by atoms with Crippen LogP contribution in [0.5, 0.6) is 0 Å². The Morgan fingerprint density at radius 1 is 1.26 bits per heavy atom. The van der Waals surface area contributed by atoms with Gasteiger partial charge in [-0.15, -0.1) is 0 Å². The average Bonchev–Trinajstić information content (AvgIpc) is 2.54. The number of rotatable bonds is 8. The van der Waals surface area contributed by atoms with E-state index in [0.29, 0.717) is 13.0 Å². The topological polar surface area (TPSA) is 56.7 Å². The Balaban J connectivity index is 2.53. The van der Waals surface area contributed by atoms with Crippen LogP contribution in [0.4, 0.5) is 0 Å². The molecule has 128 valence electrons. The summed E-state index contributed by atoms with van der Waals surface area (Å²) in [6.07, 6.45) is 1.36. The Kier molecular flexibility index (Phi) is 8.80. The predicted octanol–water partition coefficient (Wildman–Crippen LogP) is 2.39. The van der Waals surface area contributed by atoms with E-state index in [1.807, 2.05) is 39.1 Å². The molecule has 0 bridgehead atoms. The zero-order valence-corrected chi connectivity index (χ0v) is 14.8. The summed E-state index contributed by atoms with van der Waals surface area (Å²) < 4.78 is 0. The maximum Gasteiger partial charge on any atom is 0.222 e. The number of carbonyl (C=O) groups excluding carboxylic acids is 1. The summed E-state index contributed by atoms with van der Waals surface area (Å²) in [4.78, 5) is 18.4. The highest BCUT2D eigenvalue weighted by Gasteiger charge is 2.08. The quantitative estimate of drug-likeness (QED) is 0.571. The van der Waals surface area contributed by atoms with Gasteiger partial charge >= 0.3 is 0 Å². The number of hydrogen-bond acceptors (Lipinski definition) is 2. The Morgan fingerprint density at radius 3 is 2.57 bits per heavy atom. The van der Waals surface area contributed by atoms with E-state index in [1.165, 1.54) is 5.56 Å². The van der Waals surface area contributed by atoms with Gasteiger partial charge in [-0.1, -0.05) is 37.3 Å². The van der Waals surface area contributed by atoms with Gasteiger partial charge in [-0.25, -0.2) is 0 Å². The highest BCUT2D eigenvalue weighted by Crippen LogP contribution is 2.03. The van der Waals surface area contributed by atoms with Crippen LogP contribution in [0.2, 0.25) is 0 Å². The van der Waals surface area contributed by atoms with Crippen LogP contribution in [-0.4, -0.2) is 42.9 Å². The lowest BCUT2D eigenvalue weighted by atomic mass is 10.2. The standard InChI is InChI=1S/C18H30N4O/c1-5-15(3)21-17(23)12-13-20-18(19-6-2)22(4)14-16-10-8-7-9-11-16/h7-11,15H,5-6,12-14H2,1-4H3,(H,19,20)(H,21,23). The van der Waals surface area contributed by atoms with Crippen molar-refractivity contribution in [3.63, 3.8) is 0 Å². The number of benzene rings is 1. The molecule has 0 radical (unpaired) electrons. The van der Waals surface area contributed by atoms with Crippen molar-refractivity contribution >= 4 is 11.9 Å². The summed E-state index contributed by atoms with van der Waals surface area (Å²) in [6, 6.07) is 10.5. The molecule has 1 aromatic carbocycles. The minimum Gasteiger partial charge on any atom is -0.357 e. The molecule has 2 N–H and O–H groups in total. The highest BCUT2D eigenvalue weighted by atomic mass is 16.1. The van der Waals surface area contributed by atoms with Crippen LogP contribution in [0.15, 0.2) is 35.3 Å². The van der Waals surface area contributed by atoms with Crippen LogP contribution in [0.1, 0.15) is 39.2 Å². The number of carbonyl (C=O) groups is 1. The Labute approximate surface area is 140 Å². The lowest BCUT2D eigenvalue weighted by Crippen LogP contribution is -2.39. The third kappa shape index (κ3) is 7.68. The van der Waals surface area contributed by atoms with E-state index >= 15 is 0 Å². The molecule has 23 heavy (non-hydrogen) atoms. The van der Waals surface area contributed by atoms with Crippen LogP contribution in [-0.2, 0) is 11.3 Å². The van der Waals surface area contributed by atoms with Crippen molar-refractivity contribution < 1.29 is 4.79 Å². The molecule has 0 saturated heterocycles. The molecular weight excluding hydrogens is 288 g/mol. The second-order valence-electron chi connectivity index (χ2n) is 5.70. The van der Waals surface area contributed by atoms with Crippen molar-refractivity contribution in [2.45, 2.75) is 46.2 Å². The Bertz CT molecular complexity index is 487. The van der Waals surface area contributed by atoms with Crippen LogP contribution in [0.25, 0.3) is 0 Å². The zero-order valence-electron chi connectivity index (χ0n) is 14.8. The van der Waals surface area contributed by atoms with E-state index in [1.54, 1.807) is 0 Å². The van der Waals surface area contributed by atoms with Gasteiger partial charge in [-0.3, -0.25) is 9.79 Å². The van der Waals surface area contributed by atoms with Gasteiger partial charge in [0.1, 0.15) is 0 Å². The maximum absolute atomic E-state index is 11.8. The van der Waals surface area contributed by atoms with Crippen LogP contribution >= 0.6 is 0 Å². The molecule has 1 rings (SSSR count). The normalized spacial score (nSPS) is 12.6. The van der Waals surface area contributed by atoms with Gasteiger partial charge in [-0.2, -0.15) is 0 Å². The fourth-order valence-electron chi connectivity index (χ4n) is 2.11. The Morgan fingerprint density at radius 2 is 1.96 bits per heavy atom. The molecule has 1 unspecified atom stereocenters. The zero-order chi connectivity index (χ0) is 17.1. The molecule has 0 aromatic heterocycles. The van der Waals surface area contributed by atoms with Crippen LogP contribution in [0, 0.1) is 0 Å². The summed E-state index contributed by atoms with van der Waals surface area (Å²) in [5.41, 5.74) is 1.23. The van der Waals surface area contributed by atoms with Gasteiger partial charge in [0, 0.05) is 32.6 Å². The van der Waals surface area contributed by atoms with E-state index in [9.17, 15) is 4.79 Å². The third-order valence-corrected chi connectivity index (χ3v) is 3.58. The first-order valence-corrected chi connectivity index (χ1v) is 8.39. The molecule has 1 aromatic rings. The first-order valence-electron chi connectivity index (χ1n) is 8.39. The summed E-state index contributed by atoms with van der Waals surface area (Å²) in [5.74, 6) is 0.886. The smallest absolute Gasteiger partial charge is 0.222 e. The molecule has 0 heterocycles. The number of nitrogens with one attached hydrogen (secondary N) is 2. The summed E-state index contributed by atoms with van der Waals surface area (Å²) in [7, 11) is 2.01. The van der Waals surface area contributed by atoms with Gasteiger partial charge in [0.05, 0.1) is 6.54 Å².